The van der Waals surface area contributed by atoms with E-state index >= 15 is 0 Å². The van der Waals surface area contributed by atoms with Crippen LogP contribution in [0.5, 0.6) is 0 Å². The number of hydrogen-bond acceptors (Lipinski definition) is 4. The third kappa shape index (κ3) is 2.01. The van der Waals surface area contributed by atoms with Crippen molar-refractivity contribution in [2.24, 2.45) is 0 Å². The summed E-state index contributed by atoms with van der Waals surface area (Å²) in [6, 6.07) is -1.84. The predicted molar refractivity (Wildman–Crippen MR) is 48.4 cm³/mol. The first-order valence-electron chi connectivity index (χ1n) is 4.03. The van der Waals surface area contributed by atoms with E-state index in [1.54, 1.807) is 6.92 Å². The minimum atomic E-state index is -1.84. The lowest BCUT2D eigenvalue weighted by molar-refractivity contribution is -0.497. The summed E-state index contributed by atoms with van der Waals surface area (Å²) in [5.74, 6) is -2.40. The molecule has 0 fully saturated rings. The lowest BCUT2D eigenvalue weighted by Gasteiger charge is -2.16. The van der Waals surface area contributed by atoms with Crippen molar-refractivity contribution < 1.29 is 19.6 Å². The van der Waals surface area contributed by atoms with E-state index in [1.807, 2.05) is 0 Å². The van der Waals surface area contributed by atoms with Crippen molar-refractivity contribution in [3.8, 4) is 0 Å². The number of carboxylic acids is 1. The van der Waals surface area contributed by atoms with E-state index in [0.717, 1.165) is 6.08 Å². The van der Waals surface area contributed by atoms with Crippen LogP contribution in [-0.2, 0) is 9.59 Å². The van der Waals surface area contributed by atoms with Gasteiger partial charge in [0.25, 0.3) is 0 Å². The van der Waals surface area contributed by atoms with Gasteiger partial charge in [0.15, 0.2) is 0 Å². The van der Waals surface area contributed by atoms with Crippen molar-refractivity contribution in [1.82, 2.24) is 5.32 Å². The average Bonchev–Trinajstić information content (AvgIpc) is 2.15. The number of amides is 1. The van der Waals surface area contributed by atoms with E-state index in [4.69, 9.17) is 5.11 Å². The quantitative estimate of drug-likeness (QED) is 0.481. The normalized spacial score (nSPS) is 23.3. The number of nitrogens with zero attached hydrogens (tertiary/aromatic N) is 1. The van der Waals surface area contributed by atoms with Gasteiger partial charge in [-0.05, 0) is 13.0 Å². The maximum Gasteiger partial charge on any atom is 0.339 e. The van der Waals surface area contributed by atoms with E-state index in [9.17, 15) is 19.7 Å². The Morgan fingerprint density at radius 1 is 1.73 bits per heavy atom. The smallest absolute Gasteiger partial charge is 0.339 e. The summed E-state index contributed by atoms with van der Waals surface area (Å²) in [4.78, 5) is 31.5. The first-order chi connectivity index (χ1) is 6.97. The summed E-state index contributed by atoms with van der Waals surface area (Å²) in [7, 11) is 0. The van der Waals surface area contributed by atoms with Gasteiger partial charge in [-0.25, -0.2) is 4.79 Å². The summed E-state index contributed by atoms with van der Waals surface area (Å²) in [5, 5.41) is 21.4. The Morgan fingerprint density at radius 3 is 2.73 bits per heavy atom. The molecule has 0 saturated carbocycles. The molecule has 0 aromatic heterocycles. The lowest BCUT2D eigenvalue weighted by Crippen LogP contribution is -2.45. The molecule has 7 heteroatoms. The second-order valence-corrected chi connectivity index (χ2v) is 2.83. The predicted octanol–water partition coefficient (Wildman–Crippen LogP) is -0.324. The second-order valence-electron chi connectivity index (χ2n) is 2.83. The van der Waals surface area contributed by atoms with Crippen LogP contribution in [0, 0.1) is 10.1 Å². The monoisotopic (exact) mass is 212 g/mol. The van der Waals surface area contributed by atoms with E-state index in [0.29, 0.717) is 0 Å². The van der Waals surface area contributed by atoms with Crippen molar-refractivity contribution in [3.63, 3.8) is 0 Å². The van der Waals surface area contributed by atoms with Crippen LogP contribution in [0.2, 0.25) is 0 Å². The molecule has 1 aliphatic rings. The van der Waals surface area contributed by atoms with E-state index < -0.39 is 28.4 Å². The first-order valence-corrected chi connectivity index (χ1v) is 4.03. The highest BCUT2D eigenvalue weighted by Gasteiger charge is 2.41. The maximum absolute atomic E-state index is 11.2. The van der Waals surface area contributed by atoms with Gasteiger partial charge in [0.05, 0.1) is 0 Å². The standard InChI is InChI=1S/C8H8N2O5/c1-2-4-3-5(8(12)13)6(10(14)15)7(11)9-4/h2-3,6H,1H3,(H,9,11)(H,12,13)/b4-2-. The van der Waals surface area contributed by atoms with Crippen molar-refractivity contribution >= 4 is 11.9 Å². The molecule has 0 aliphatic carbocycles. The van der Waals surface area contributed by atoms with Crippen molar-refractivity contribution in [3.05, 3.63) is 33.5 Å². The fourth-order valence-electron chi connectivity index (χ4n) is 1.18. The zero-order valence-corrected chi connectivity index (χ0v) is 7.76. The third-order valence-electron chi connectivity index (χ3n) is 1.89. The van der Waals surface area contributed by atoms with Gasteiger partial charge in [0, 0.05) is 10.6 Å². The number of allylic oxidation sites excluding steroid dienone is 2. The second kappa shape index (κ2) is 3.91. The van der Waals surface area contributed by atoms with Gasteiger partial charge in [0.2, 0.25) is 0 Å². The van der Waals surface area contributed by atoms with Crippen LogP contribution in [0.25, 0.3) is 0 Å². The number of aliphatic carboxylic acids is 1. The molecule has 1 rings (SSSR count). The third-order valence-corrected chi connectivity index (χ3v) is 1.89. The van der Waals surface area contributed by atoms with Crippen molar-refractivity contribution in [2.45, 2.75) is 13.0 Å². The van der Waals surface area contributed by atoms with Crippen molar-refractivity contribution in [1.29, 1.82) is 0 Å². The highest BCUT2D eigenvalue weighted by Crippen LogP contribution is 2.15. The molecule has 80 valence electrons. The van der Waals surface area contributed by atoms with Gasteiger partial charge >= 0.3 is 17.9 Å². The zero-order valence-electron chi connectivity index (χ0n) is 7.76. The van der Waals surface area contributed by atoms with Gasteiger partial charge < -0.3 is 10.4 Å². The number of nitrogens with one attached hydrogen (secondary N) is 1. The summed E-state index contributed by atoms with van der Waals surface area (Å²) in [6.07, 6.45) is 2.54. The number of hydrogen-bond donors (Lipinski definition) is 2. The Bertz CT molecular complexity index is 396. The van der Waals surface area contributed by atoms with Crippen LogP contribution in [0.4, 0.5) is 0 Å². The number of carbonyl (C=O) groups is 2. The molecule has 1 heterocycles. The first kappa shape index (κ1) is 10.9. The largest absolute Gasteiger partial charge is 0.478 e. The van der Waals surface area contributed by atoms with Gasteiger partial charge in [-0.2, -0.15) is 0 Å². The highest BCUT2D eigenvalue weighted by molar-refractivity contribution is 6.00. The fraction of sp³-hybridized carbons (Fsp3) is 0.250. The zero-order chi connectivity index (χ0) is 11.6. The molecule has 0 saturated heterocycles. The highest BCUT2D eigenvalue weighted by atomic mass is 16.6. The fourth-order valence-corrected chi connectivity index (χ4v) is 1.18. The van der Waals surface area contributed by atoms with Crippen LogP contribution >= 0.6 is 0 Å². The summed E-state index contributed by atoms with van der Waals surface area (Å²) < 4.78 is 0. The number of carbonyl (C=O) groups excluding carboxylic acids is 1. The molecule has 2 N–H and O–H groups in total. The molecule has 1 atom stereocenters. The average molecular weight is 212 g/mol. The molecule has 7 nitrogen and oxygen atoms in total. The lowest BCUT2D eigenvalue weighted by atomic mass is 10.0. The topological polar surface area (TPSA) is 110 Å². The molecule has 0 spiro atoms. The van der Waals surface area contributed by atoms with E-state index in [2.05, 4.69) is 5.32 Å². The van der Waals surface area contributed by atoms with Crippen molar-refractivity contribution in [2.75, 3.05) is 0 Å². The van der Waals surface area contributed by atoms with Gasteiger partial charge in [-0.1, -0.05) is 6.08 Å². The Kier molecular flexibility index (Phi) is 2.84. The molecular formula is C8H8N2O5. The van der Waals surface area contributed by atoms with Gasteiger partial charge in [-0.3, -0.25) is 14.9 Å². The molecule has 15 heavy (non-hydrogen) atoms. The number of carboxylic acid groups (broad SMARTS) is 1. The molecule has 0 bridgehead atoms. The Hall–Kier alpha value is -2.18. The minimum absolute atomic E-state index is 0.246. The number of nitro groups is 1. The van der Waals surface area contributed by atoms with E-state index in [1.165, 1.54) is 6.08 Å². The molecule has 1 aliphatic heterocycles. The van der Waals surface area contributed by atoms with Gasteiger partial charge in [-0.15, -0.1) is 0 Å². The summed E-state index contributed by atoms with van der Waals surface area (Å²) in [6.45, 7) is 1.58. The maximum atomic E-state index is 11.2. The molecule has 0 radical (unpaired) electrons. The molecule has 0 aromatic carbocycles. The Balaban J connectivity index is 3.23. The molecule has 0 aromatic rings. The molecular weight excluding hydrogens is 204 g/mol. The van der Waals surface area contributed by atoms with Crippen LogP contribution in [-0.4, -0.2) is 27.9 Å². The SMILES string of the molecule is C/C=C1/C=C(C(=O)O)C([N+](=O)[O-])C(=O)N1. The number of rotatable bonds is 2. The summed E-state index contributed by atoms with van der Waals surface area (Å²) >= 11 is 0. The Morgan fingerprint density at radius 2 is 2.33 bits per heavy atom. The van der Waals surface area contributed by atoms with Crippen LogP contribution in [0.3, 0.4) is 0 Å². The van der Waals surface area contributed by atoms with Gasteiger partial charge in [0.1, 0.15) is 5.57 Å². The van der Waals surface area contributed by atoms with E-state index in [-0.39, 0.29) is 5.70 Å². The molecule has 1 amide bonds. The Labute approximate surface area is 84.2 Å². The van der Waals surface area contributed by atoms with Crippen LogP contribution < -0.4 is 5.32 Å². The van der Waals surface area contributed by atoms with Crippen LogP contribution in [0.15, 0.2) is 23.4 Å². The summed E-state index contributed by atoms with van der Waals surface area (Å²) in [5.41, 5.74) is -0.285. The minimum Gasteiger partial charge on any atom is -0.478 e. The van der Waals surface area contributed by atoms with Crippen LogP contribution in [0.1, 0.15) is 6.92 Å². The molecule has 1 unspecified atom stereocenters.